The molecule has 4 aliphatic heterocycles. The Balaban J connectivity index is 1.01. The van der Waals surface area contributed by atoms with Crippen molar-refractivity contribution in [3.63, 3.8) is 0 Å². The maximum Gasteiger partial charge on any atom is 0.293 e. The van der Waals surface area contributed by atoms with Crippen LogP contribution in [0.2, 0.25) is 0 Å². The molecule has 2 nitrogen and oxygen atoms in total. The van der Waals surface area contributed by atoms with Crippen molar-refractivity contribution in [2.24, 2.45) is 0 Å². The summed E-state index contributed by atoms with van der Waals surface area (Å²) in [6.07, 6.45) is 0. The van der Waals surface area contributed by atoms with Crippen LogP contribution in [0.1, 0.15) is 0 Å². The number of fused-ring (bicyclic) bond motifs is 38. The first-order chi connectivity index (χ1) is 39.8. The standard InChI is InChI=1S/C76H39B2NO/c1-4-24-46-40(18-1)43-21-7-12-29-51(43)64-55(46)36-37-59-68(64)69-65-52-30-13-8-22-44(52)41-19-2-5-27-49(41)57(65)38-62-72(69)77(59)60-34-17-35-61-74(60)79(62)63-39-58-50-28-6-3-20-42(50)45-23-9-14-31-53(45)66(58)70-71-67-54-32-15-10-25-47(54)48-26-11-16-33-56(48)75(67)80-76(71)78(61)73(63)70/h1-39H. The van der Waals surface area contributed by atoms with Gasteiger partial charge in [0.25, 0.3) is 6.71 Å². The summed E-state index contributed by atoms with van der Waals surface area (Å²) >= 11 is 0. The predicted molar refractivity (Wildman–Crippen MR) is 344 cm³/mol. The summed E-state index contributed by atoms with van der Waals surface area (Å²) in [5, 5.41) is 29.3. The van der Waals surface area contributed by atoms with Crippen LogP contribution in [0.5, 0.6) is 0 Å². The summed E-state index contributed by atoms with van der Waals surface area (Å²) in [4.78, 5) is 2.76. The van der Waals surface area contributed by atoms with Crippen LogP contribution in [0.4, 0.5) is 17.1 Å². The fourth-order valence-corrected chi connectivity index (χ4v) is 16.9. The maximum absolute atomic E-state index is 7.78. The third-order valence-corrected chi connectivity index (χ3v) is 19.7. The fourth-order valence-electron chi connectivity index (χ4n) is 16.9. The van der Waals surface area contributed by atoms with Gasteiger partial charge in [-0.05, 0) is 164 Å². The largest absolute Gasteiger partial charge is 0.469 e. The van der Waals surface area contributed by atoms with Crippen LogP contribution in [-0.4, -0.2) is 13.4 Å². The lowest BCUT2D eigenvalue weighted by Gasteiger charge is -2.42. The number of hydrogen-bond acceptors (Lipinski definition) is 2. The minimum atomic E-state index is -0.153. The molecule has 0 bridgehead atoms. The van der Waals surface area contributed by atoms with Crippen molar-refractivity contribution in [3.05, 3.63) is 237 Å². The first kappa shape index (κ1) is 41.0. The molecule has 0 saturated carbocycles. The Kier molecular flexibility index (Phi) is 7.24. The lowest BCUT2D eigenvalue weighted by atomic mass is 9.33. The third kappa shape index (κ3) is 4.60. The van der Waals surface area contributed by atoms with Crippen LogP contribution in [0, 0.1) is 0 Å². The van der Waals surface area contributed by atoms with Gasteiger partial charge in [-0.3, -0.25) is 0 Å². The molecule has 0 spiro atoms. The fraction of sp³-hybridized carbons (Fsp3) is 0. The van der Waals surface area contributed by atoms with Gasteiger partial charge < -0.3 is 9.32 Å². The highest BCUT2D eigenvalue weighted by atomic mass is 16.3. The number of furan rings is 1. The molecular formula is C76H39B2NO. The molecule has 17 aromatic rings. The van der Waals surface area contributed by atoms with Crippen LogP contribution in [0.3, 0.4) is 0 Å². The highest BCUT2D eigenvalue weighted by molar-refractivity contribution is 7.06. The Morgan fingerprint density at radius 2 is 0.588 bits per heavy atom. The molecule has 0 atom stereocenters. The summed E-state index contributed by atoms with van der Waals surface area (Å²) < 4.78 is 7.78. The van der Waals surface area contributed by atoms with Gasteiger partial charge in [0, 0.05) is 33.4 Å². The lowest BCUT2D eigenvalue weighted by molar-refractivity contribution is 0.656. The third-order valence-electron chi connectivity index (χ3n) is 19.7. The average Bonchev–Trinajstić information content (AvgIpc) is 2.92. The molecule has 0 unspecified atom stereocenters. The van der Waals surface area contributed by atoms with Gasteiger partial charge in [-0.25, -0.2) is 0 Å². The van der Waals surface area contributed by atoms with E-state index in [2.05, 4.69) is 241 Å². The molecule has 1 aromatic heterocycles. The van der Waals surface area contributed by atoms with Crippen molar-refractivity contribution in [1.82, 2.24) is 0 Å². The van der Waals surface area contributed by atoms with Crippen LogP contribution in [-0.2, 0) is 0 Å². The summed E-state index contributed by atoms with van der Waals surface area (Å²) in [7, 11) is 0. The summed E-state index contributed by atoms with van der Waals surface area (Å²) in [6, 6.07) is 90.3. The summed E-state index contributed by atoms with van der Waals surface area (Å²) in [5.41, 5.74) is 17.9. The van der Waals surface area contributed by atoms with Crippen molar-refractivity contribution in [2.75, 3.05) is 4.90 Å². The van der Waals surface area contributed by atoms with E-state index in [1.807, 2.05) is 0 Å². The Labute approximate surface area is 458 Å². The monoisotopic (exact) mass is 1000 g/mol. The lowest BCUT2D eigenvalue weighted by Crippen LogP contribution is -2.62. The van der Waals surface area contributed by atoms with E-state index in [1.165, 1.54) is 185 Å². The number of para-hydroxylation sites is 1. The van der Waals surface area contributed by atoms with Gasteiger partial charge in [0.1, 0.15) is 5.58 Å². The van der Waals surface area contributed by atoms with E-state index in [4.69, 9.17) is 4.42 Å². The Morgan fingerprint density at radius 3 is 1.06 bits per heavy atom. The van der Waals surface area contributed by atoms with Gasteiger partial charge in [0.2, 0.25) is 6.71 Å². The van der Waals surface area contributed by atoms with Gasteiger partial charge >= 0.3 is 0 Å². The van der Waals surface area contributed by atoms with Gasteiger partial charge in [-0.1, -0.05) is 230 Å². The SMILES string of the molecule is c1cc2c3c(c1)B1c4oc5c6ccccc6c6ccccc6c5c4-c4c1c(cc1c5ccccc5c5ccccc5c41)N3c1cc3c4ccccc4c4ccccc4c3c3c1B2c1ccc2c4ccccc4c4ccccc4c2c1-3. The van der Waals surface area contributed by atoms with E-state index in [1.54, 1.807) is 0 Å². The second kappa shape index (κ2) is 14.1. The van der Waals surface area contributed by atoms with Crippen LogP contribution >= 0.6 is 0 Å². The van der Waals surface area contributed by atoms with Crippen LogP contribution < -0.4 is 37.9 Å². The molecule has 0 N–H and O–H groups in total. The molecule has 80 heavy (non-hydrogen) atoms. The minimum Gasteiger partial charge on any atom is -0.469 e. The molecule has 4 heteroatoms. The normalized spacial score (nSPS) is 13.7. The quantitative estimate of drug-likeness (QED) is 0.111. The molecule has 0 saturated heterocycles. The zero-order valence-electron chi connectivity index (χ0n) is 43.0. The first-order valence-corrected chi connectivity index (χ1v) is 28.2. The van der Waals surface area contributed by atoms with Crippen molar-refractivity contribution in [1.29, 1.82) is 0 Å². The van der Waals surface area contributed by atoms with E-state index < -0.39 is 0 Å². The maximum atomic E-state index is 7.78. The highest BCUT2D eigenvalue weighted by Crippen LogP contribution is 2.55. The second-order valence-corrected chi connectivity index (χ2v) is 23.1. The zero-order valence-corrected chi connectivity index (χ0v) is 43.0. The van der Waals surface area contributed by atoms with Gasteiger partial charge in [-0.2, -0.15) is 0 Å². The molecule has 4 aliphatic rings. The van der Waals surface area contributed by atoms with Crippen molar-refractivity contribution in [3.8, 4) is 22.3 Å². The highest BCUT2D eigenvalue weighted by Gasteiger charge is 2.53. The van der Waals surface area contributed by atoms with Crippen molar-refractivity contribution >= 4 is 193 Å². The summed E-state index contributed by atoms with van der Waals surface area (Å²) in [5.74, 6) is 0. The number of hydrogen-bond donors (Lipinski definition) is 0. The smallest absolute Gasteiger partial charge is 0.293 e. The second-order valence-electron chi connectivity index (χ2n) is 23.1. The molecule has 5 heterocycles. The van der Waals surface area contributed by atoms with Gasteiger partial charge in [0.05, 0.1) is 5.66 Å². The van der Waals surface area contributed by atoms with Gasteiger partial charge in [0.15, 0.2) is 0 Å². The van der Waals surface area contributed by atoms with E-state index in [-0.39, 0.29) is 13.4 Å². The Morgan fingerprint density at radius 1 is 0.250 bits per heavy atom. The zero-order chi connectivity index (χ0) is 51.4. The number of anilines is 3. The van der Waals surface area contributed by atoms with E-state index >= 15 is 0 Å². The van der Waals surface area contributed by atoms with Crippen LogP contribution in [0.25, 0.3) is 152 Å². The molecule has 0 radical (unpaired) electrons. The first-order valence-electron chi connectivity index (χ1n) is 28.2. The molecule has 0 aliphatic carbocycles. The van der Waals surface area contributed by atoms with Crippen LogP contribution in [0.15, 0.2) is 241 Å². The number of nitrogens with zero attached hydrogens (tertiary/aromatic N) is 1. The Hall–Kier alpha value is -10.2. The molecule has 16 aromatic carbocycles. The molecule has 21 rings (SSSR count). The van der Waals surface area contributed by atoms with E-state index in [0.717, 1.165) is 16.6 Å². The predicted octanol–water partition coefficient (Wildman–Crippen LogP) is 16.2. The van der Waals surface area contributed by atoms with Crippen molar-refractivity contribution in [2.45, 2.75) is 0 Å². The van der Waals surface area contributed by atoms with E-state index in [9.17, 15) is 0 Å². The molecular weight excluding hydrogens is 964 g/mol. The average molecular weight is 1000 g/mol. The topological polar surface area (TPSA) is 16.4 Å². The van der Waals surface area contributed by atoms with Gasteiger partial charge in [-0.15, -0.1) is 0 Å². The van der Waals surface area contributed by atoms with Crippen molar-refractivity contribution < 1.29 is 4.42 Å². The number of rotatable bonds is 0. The molecule has 360 valence electrons. The molecule has 0 fully saturated rings. The minimum absolute atomic E-state index is 0.0267. The Bertz CT molecular complexity index is 5860. The summed E-state index contributed by atoms with van der Waals surface area (Å²) in [6.45, 7) is -0.180. The number of benzene rings is 16. The van der Waals surface area contributed by atoms with E-state index in [0.29, 0.717) is 0 Å². The molecule has 0 amide bonds.